The second-order valence-electron chi connectivity index (χ2n) is 6.93. The average Bonchev–Trinajstić information content (AvgIpc) is 2.88. The molecule has 0 spiro atoms. The highest BCUT2D eigenvalue weighted by atomic mass is 16.2. The lowest BCUT2D eigenvalue weighted by Crippen LogP contribution is -2.65. The van der Waals surface area contributed by atoms with Crippen molar-refractivity contribution in [1.29, 1.82) is 0 Å². The maximum absolute atomic E-state index is 12.7. The van der Waals surface area contributed by atoms with E-state index in [1.165, 1.54) is 25.7 Å². The summed E-state index contributed by atoms with van der Waals surface area (Å²) in [7, 11) is 0. The van der Waals surface area contributed by atoms with Crippen LogP contribution in [-0.2, 0) is 9.59 Å². The van der Waals surface area contributed by atoms with Crippen molar-refractivity contribution in [2.45, 2.75) is 71.9 Å². The first-order valence-corrected chi connectivity index (χ1v) is 8.01. The molecule has 0 aromatic heterocycles. The largest absolute Gasteiger partial charge is 0.342 e. The van der Waals surface area contributed by atoms with E-state index in [9.17, 15) is 9.59 Å². The Kier molecular flexibility index (Phi) is 4.40. The zero-order valence-electron chi connectivity index (χ0n) is 13.2. The van der Waals surface area contributed by atoms with Gasteiger partial charge in [0, 0.05) is 6.54 Å². The van der Waals surface area contributed by atoms with Crippen molar-refractivity contribution in [2.75, 3.05) is 6.54 Å². The van der Waals surface area contributed by atoms with Gasteiger partial charge in [-0.1, -0.05) is 33.6 Å². The first-order valence-electron chi connectivity index (χ1n) is 8.01. The van der Waals surface area contributed by atoms with Crippen molar-refractivity contribution in [1.82, 2.24) is 10.2 Å². The highest BCUT2D eigenvalue weighted by Crippen LogP contribution is 2.42. The molecule has 4 heteroatoms. The Hall–Kier alpha value is -1.06. The van der Waals surface area contributed by atoms with Gasteiger partial charge in [0.2, 0.25) is 11.8 Å². The van der Waals surface area contributed by atoms with E-state index < -0.39 is 0 Å². The van der Waals surface area contributed by atoms with Crippen LogP contribution in [0.3, 0.4) is 0 Å². The van der Waals surface area contributed by atoms with Gasteiger partial charge in [0.1, 0.15) is 12.1 Å². The first-order chi connectivity index (χ1) is 9.40. The second kappa shape index (κ2) is 5.74. The minimum Gasteiger partial charge on any atom is -0.342 e. The van der Waals surface area contributed by atoms with Crippen LogP contribution in [-0.4, -0.2) is 35.3 Å². The number of carbonyl (C=O) groups excluding carboxylic acids is 2. The molecule has 2 amide bonds. The molecule has 0 aromatic rings. The lowest BCUT2D eigenvalue weighted by Gasteiger charge is -2.43. The van der Waals surface area contributed by atoms with Crippen LogP contribution in [0.5, 0.6) is 0 Å². The summed E-state index contributed by atoms with van der Waals surface area (Å²) in [5.74, 6) is 0.238. The Balaban J connectivity index is 2.18. The van der Waals surface area contributed by atoms with Gasteiger partial charge in [-0.15, -0.1) is 0 Å². The minimum atomic E-state index is -0.353. The molecule has 2 rings (SSSR count). The molecule has 1 saturated heterocycles. The zero-order chi connectivity index (χ0) is 14.9. The van der Waals surface area contributed by atoms with Gasteiger partial charge in [0.15, 0.2) is 0 Å². The summed E-state index contributed by atoms with van der Waals surface area (Å²) in [4.78, 5) is 26.7. The van der Waals surface area contributed by atoms with Crippen LogP contribution >= 0.6 is 0 Å². The molecule has 0 bridgehead atoms. The van der Waals surface area contributed by atoms with Crippen molar-refractivity contribution in [3.63, 3.8) is 0 Å². The molecule has 4 nitrogen and oxygen atoms in total. The van der Waals surface area contributed by atoms with Crippen LogP contribution in [0.4, 0.5) is 0 Å². The molecule has 1 aliphatic heterocycles. The summed E-state index contributed by atoms with van der Waals surface area (Å²) in [5, 5.41) is 2.87. The van der Waals surface area contributed by atoms with Crippen molar-refractivity contribution >= 4 is 11.8 Å². The quantitative estimate of drug-likeness (QED) is 0.859. The lowest BCUT2D eigenvalue weighted by molar-refractivity contribution is -0.151. The van der Waals surface area contributed by atoms with Gasteiger partial charge < -0.3 is 10.2 Å². The van der Waals surface area contributed by atoms with Gasteiger partial charge in [-0.05, 0) is 37.5 Å². The highest BCUT2D eigenvalue weighted by molar-refractivity contribution is 5.96. The summed E-state index contributed by atoms with van der Waals surface area (Å²) >= 11 is 0. The Morgan fingerprint density at radius 2 is 1.90 bits per heavy atom. The Morgan fingerprint density at radius 1 is 1.30 bits per heavy atom. The maximum atomic E-state index is 12.7. The summed E-state index contributed by atoms with van der Waals surface area (Å²) < 4.78 is 0. The summed E-state index contributed by atoms with van der Waals surface area (Å²) in [6, 6.07) is -0.685. The molecule has 1 aliphatic carbocycles. The van der Waals surface area contributed by atoms with E-state index in [0.717, 1.165) is 13.0 Å². The second-order valence-corrected chi connectivity index (χ2v) is 6.93. The van der Waals surface area contributed by atoms with Gasteiger partial charge in [-0.25, -0.2) is 0 Å². The van der Waals surface area contributed by atoms with E-state index in [-0.39, 0.29) is 35.2 Å². The fourth-order valence-corrected chi connectivity index (χ4v) is 3.62. The molecule has 2 aliphatic rings. The van der Waals surface area contributed by atoms with Crippen molar-refractivity contribution < 1.29 is 9.59 Å². The summed E-state index contributed by atoms with van der Waals surface area (Å²) in [5.41, 5.74) is 0.239. The third-order valence-corrected chi connectivity index (χ3v) is 5.28. The van der Waals surface area contributed by atoms with Crippen LogP contribution in [0.15, 0.2) is 0 Å². The monoisotopic (exact) mass is 280 g/mol. The number of nitrogens with zero attached hydrogens (tertiary/aromatic N) is 1. The molecule has 2 unspecified atom stereocenters. The number of nitrogens with one attached hydrogen (secondary N) is 1. The molecule has 1 heterocycles. The minimum absolute atomic E-state index is 0.00690. The summed E-state index contributed by atoms with van der Waals surface area (Å²) in [6.07, 6.45) is 5.98. The topological polar surface area (TPSA) is 49.4 Å². The number of amides is 2. The number of piperazine rings is 1. The predicted octanol–water partition coefficient (Wildman–Crippen LogP) is 2.33. The van der Waals surface area contributed by atoms with E-state index >= 15 is 0 Å². The standard InChI is InChI=1S/C16H28N2O2/c1-5-16(8-6-7-9-16)10-18-12(4)14(19)17-13(11(2)3)15(18)20/h11-13H,5-10H2,1-4H3,(H,17,19). The molecule has 1 N–H and O–H groups in total. The van der Waals surface area contributed by atoms with Gasteiger partial charge in [0.25, 0.3) is 0 Å². The number of hydrogen-bond donors (Lipinski definition) is 1. The lowest BCUT2D eigenvalue weighted by atomic mass is 9.82. The fourth-order valence-electron chi connectivity index (χ4n) is 3.62. The molecule has 0 radical (unpaired) electrons. The molecule has 2 atom stereocenters. The van der Waals surface area contributed by atoms with Crippen molar-refractivity contribution in [3.8, 4) is 0 Å². The highest BCUT2D eigenvalue weighted by Gasteiger charge is 2.43. The van der Waals surface area contributed by atoms with Crippen molar-refractivity contribution in [2.24, 2.45) is 11.3 Å². The Morgan fingerprint density at radius 3 is 2.40 bits per heavy atom. The van der Waals surface area contributed by atoms with Gasteiger partial charge in [-0.3, -0.25) is 9.59 Å². The molecule has 114 valence electrons. The van der Waals surface area contributed by atoms with Gasteiger partial charge in [0.05, 0.1) is 0 Å². The molecule has 2 fully saturated rings. The van der Waals surface area contributed by atoms with E-state index in [0.29, 0.717) is 0 Å². The Labute approximate surface area is 122 Å². The first kappa shape index (κ1) is 15.3. The van der Waals surface area contributed by atoms with Crippen LogP contribution < -0.4 is 5.32 Å². The number of hydrogen-bond acceptors (Lipinski definition) is 2. The zero-order valence-corrected chi connectivity index (χ0v) is 13.2. The van der Waals surface area contributed by atoms with Gasteiger partial charge in [-0.2, -0.15) is 0 Å². The molecular weight excluding hydrogens is 252 g/mol. The van der Waals surface area contributed by atoms with Crippen molar-refractivity contribution in [3.05, 3.63) is 0 Å². The van der Waals surface area contributed by atoms with Crippen LogP contribution in [0.2, 0.25) is 0 Å². The number of rotatable bonds is 4. The SMILES string of the molecule is CCC1(CN2C(=O)C(C(C)C)NC(=O)C2C)CCCC1. The normalized spacial score (nSPS) is 29.9. The fraction of sp³-hybridized carbons (Fsp3) is 0.875. The van der Waals surface area contributed by atoms with Crippen LogP contribution in [0, 0.1) is 11.3 Å². The van der Waals surface area contributed by atoms with E-state index in [1.54, 1.807) is 0 Å². The molecule has 1 saturated carbocycles. The predicted molar refractivity (Wildman–Crippen MR) is 79.1 cm³/mol. The van der Waals surface area contributed by atoms with Crippen LogP contribution in [0.25, 0.3) is 0 Å². The van der Waals surface area contributed by atoms with E-state index in [1.807, 2.05) is 25.7 Å². The third-order valence-electron chi connectivity index (χ3n) is 5.28. The molecule has 0 aromatic carbocycles. The van der Waals surface area contributed by atoms with E-state index in [2.05, 4.69) is 12.2 Å². The average molecular weight is 280 g/mol. The third kappa shape index (κ3) is 2.70. The smallest absolute Gasteiger partial charge is 0.246 e. The summed E-state index contributed by atoms with van der Waals surface area (Å²) in [6.45, 7) is 8.79. The number of carbonyl (C=O) groups is 2. The molecular formula is C16H28N2O2. The van der Waals surface area contributed by atoms with Crippen LogP contribution in [0.1, 0.15) is 59.8 Å². The maximum Gasteiger partial charge on any atom is 0.246 e. The van der Waals surface area contributed by atoms with E-state index in [4.69, 9.17) is 0 Å². The van der Waals surface area contributed by atoms with Gasteiger partial charge >= 0.3 is 0 Å². The Bertz CT molecular complexity index is 386. The molecule has 20 heavy (non-hydrogen) atoms.